The molecule has 0 spiro atoms. The van der Waals surface area contributed by atoms with E-state index < -0.39 is 22.2 Å². The van der Waals surface area contributed by atoms with Crippen LogP contribution in [0.3, 0.4) is 0 Å². The molecule has 0 aliphatic heterocycles. The van der Waals surface area contributed by atoms with Crippen LogP contribution in [0.5, 0.6) is 0 Å². The first-order valence-corrected chi connectivity index (χ1v) is 10.2. The van der Waals surface area contributed by atoms with Gasteiger partial charge in [0.05, 0.1) is 31.6 Å². The van der Waals surface area contributed by atoms with Gasteiger partial charge in [0.2, 0.25) is 0 Å². The molecule has 2 heterocycles. The quantitative estimate of drug-likeness (QED) is 0.599. The van der Waals surface area contributed by atoms with Crippen LogP contribution in [0.2, 0.25) is 10.0 Å². The average Bonchev–Trinajstić information content (AvgIpc) is 3.04. The van der Waals surface area contributed by atoms with Crippen LogP contribution in [0.25, 0.3) is 21.5 Å². The normalized spacial score (nSPS) is 14.2. The van der Waals surface area contributed by atoms with E-state index in [2.05, 4.69) is 0 Å². The van der Waals surface area contributed by atoms with Crippen LogP contribution in [0.4, 0.5) is 0 Å². The molecule has 0 N–H and O–H groups in total. The Labute approximate surface area is 171 Å². The number of nitrogens with zero attached hydrogens (tertiary/aromatic N) is 2. The summed E-state index contributed by atoms with van der Waals surface area (Å²) in [5.41, 5.74) is -2.29. The second-order valence-electron chi connectivity index (χ2n) is 7.36. The van der Waals surface area contributed by atoms with Gasteiger partial charge in [0.15, 0.2) is 0 Å². The Morgan fingerprint density at radius 2 is 0.893 bits per heavy atom. The minimum absolute atomic E-state index is 0.0792. The van der Waals surface area contributed by atoms with Crippen molar-refractivity contribution in [1.82, 2.24) is 9.13 Å². The molecule has 2 unspecified atom stereocenters. The lowest BCUT2D eigenvalue weighted by atomic mass is 10.1. The van der Waals surface area contributed by atoms with Gasteiger partial charge in [0.25, 0.3) is 22.2 Å². The third kappa shape index (κ3) is 2.77. The largest absolute Gasteiger partial charge is 0.271 e. The molecule has 6 nitrogen and oxygen atoms in total. The molecule has 0 aliphatic carbocycles. The summed E-state index contributed by atoms with van der Waals surface area (Å²) < 4.78 is 2.24. The van der Waals surface area contributed by atoms with Crippen molar-refractivity contribution in [1.29, 1.82) is 0 Å². The lowest BCUT2D eigenvalue weighted by molar-refractivity contribution is 0.482. The highest BCUT2D eigenvalue weighted by molar-refractivity contribution is 6.47. The zero-order chi connectivity index (χ0) is 20.9. The Balaban J connectivity index is 2.53. The Hall–Kier alpha value is -1.92. The zero-order valence-corrected chi connectivity index (χ0v) is 17.8. The van der Waals surface area contributed by atoms with Crippen molar-refractivity contribution in [3.63, 3.8) is 0 Å². The topological polar surface area (TPSA) is 78.1 Å². The summed E-state index contributed by atoms with van der Waals surface area (Å²) in [6.07, 6.45) is 2.82. The second kappa shape index (κ2) is 7.48. The van der Waals surface area contributed by atoms with Crippen LogP contribution < -0.4 is 22.2 Å². The highest BCUT2D eigenvalue weighted by atomic mass is 35.5. The maximum atomic E-state index is 13.0. The van der Waals surface area contributed by atoms with Gasteiger partial charge in [-0.15, -0.1) is 0 Å². The first kappa shape index (κ1) is 20.8. The Morgan fingerprint density at radius 3 is 1.11 bits per heavy atom. The van der Waals surface area contributed by atoms with Crippen LogP contribution >= 0.6 is 23.2 Å². The van der Waals surface area contributed by atoms with Gasteiger partial charge in [0.1, 0.15) is 0 Å². The highest BCUT2D eigenvalue weighted by Gasteiger charge is 2.29. The molecule has 0 aliphatic rings. The number of halogens is 2. The molecule has 1 aromatic carbocycles. The van der Waals surface area contributed by atoms with Gasteiger partial charge in [-0.05, 0) is 26.7 Å². The van der Waals surface area contributed by atoms with Gasteiger partial charge in [-0.1, -0.05) is 49.9 Å². The Morgan fingerprint density at radius 1 is 0.643 bits per heavy atom. The summed E-state index contributed by atoms with van der Waals surface area (Å²) in [4.78, 5) is 51.8. The fraction of sp³-hybridized carbons (Fsp3) is 0.500. The Kier molecular flexibility index (Phi) is 5.56. The van der Waals surface area contributed by atoms with Gasteiger partial charge in [-0.25, -0.2) is 0 Å². The fourth-order valence-corrected chi connectivity index (χ4v) is 4.75. The van der Waals surface area contributed by atoms with Crippen LogP contribution in [-0.2, 0) is 0 Å². The third-order valence-corrected chi connectivity index (χ3v) is 6.16. The van der Waals surface area contributed by atoms with Crippen molar-refractivity contribution < 1.29 is 0 Å². The third-order valence-electron chi connectivity index (χ3n) is 5.40. The smallest absolute Gasteiger partial charge is 0.263 e. The minimum atomic E-state index is -0.573. The van der Waals surface area contributed by atoms with Gasteiger partial charge >= 0.3 is 0 Å². The number of hydrogen-bond acceptors (Lipinski definition) is 4. The van der Waals surface area contributed by atoms with Gasteiger partial charge in [-0.3, -0.25) is 28.3 Å². The maximum Gasteiger partial charge on any atom is 0.263 e. The molecule has 2 atom stereocenters. The average molecular weight is 425 g/mol. The molecular formula is C20H22Cl2N2O4. The van der Waals surface area contributed by atoms with Gasteiger partial charge < -0.3 is 0 Å². The number of fused-ring (bicyclic) bond motifs is 2. The number of rotatable bonds is 6. The maximum absolute atomic E-state index is 13.0. The lowest BCUT2D eigenvalue weighted by Crippen LogP contribution is -2.29. The summed E-state index contributed by atoms with van der Waals surface area (Å²) in [5, 5.41) is -0.643. The first-order valence-electron chi connectivity index (χ1n) is 9.49. The molecule has 8 heteroatoms. The van der Waals surface area contributed by atoms with Crippen LogP contribution in [-0.4, -0.2) is 9.13 Å². The van der Waals surface area contributed by atoms with E-state index in [1.54, 1.807) is 13.8 Å². The molecule has 0 fully saturated rings. The molecular weight excluding hydrogens is 403 g/mol. The van der Waals surface area contributed by atoms with E-state index in [0.717, 1.165) is 22.0 Å². The molecule has 150 valence electrons. The highest BCUT2D eigenvalue weighted by Crippen LogP contribution is 2.34. The van der Waals surface area contributed by atoms with Gasteiger partial charge in [-0.2, -0.15) is 0 Å². The van der Waals surface area contributed by atoms with Crippen LogP contribution in [0.15, 0.2) is 19.2 Å². The molecule has 0 bridgehead atoms. The molecule has 3 aromatic rings. The first-order chi connectivity index (χ1) is 13.2. The van der Waals surface area contributed by atoms with E-state index in [1.165, 1.54) is 0 Å². The van der Waals surface area contributed by atoms with E-state index in [-0.39, 0.29) is 43.7 Å². The lowest BCUT2D eigenvalue weighted by Gasteiger charge is -2.09. The summed E-state index contributed by atoms with van der Waals surface area (Å²) >= 11 is 12.9. The van der Waals surface area contributed by atoms with Crippen molar-refractivity contribution in [2.45, 2.75) is 65.5 Å². The second-order valence-corrected chi connectivity index (χ2v) is 8.12. The van der Waals surface area contributed by atoms with E-state index in [4.69, 9.17) is 23.2 Å². The zero-order valence-electron chi connectivity index (χ0n) is 16.3. The molecule has 0 amide bonds. The predicted octanol–water partition coefficient (Wildman–Crippen LogP) is 3.94. The molecule has 0 radical (unpaired) electrons. The van der Waals surface area contributed by atoms with E-state index in [0.29, 0.717) is 12.8 Å². The molecule has 0 saturated heterocycles. The van der Waals surface area contributed by atoms with E-state index >= 15 is 0 Å². The van der Waals surface area contributed by atoms with Crippen LogP contribution in [0.1, 0.15) is 65.5 Å². The minimum Gasteiger partial charge on any atom is -0.271 e. The number of benzene rings is 1. The Bertz CT molecular complexity index is 1100. The van der Waals surface area contributed by atoms with Crippen molar-refractivity contribution in [2.24, 2.45) is 0 Å². The number of hydrogen-bond donors (Lipinski definition) is 0. The summed E-state index contributed by atoms with van der Waals surface area (Å²) in [7, 11) is 0. The predicted molar refractivity (Wildman–Crippen MR) is 114 cm³/mol. The van der Waals surface area contributed by atoms with Crippen LogP contribution in [0, 0.1) is 0 Å². The van der Waals surface area contributed by atoms with Crippen molar-refractivity contribution in [3.8, 4) is 0 Å². The molecule has 2 aromatic heterocycles. The summed E-state index contributed by atoms with van der Waals surface area (Å²) in [5.74, 6) is 0. The molecule has 28 heavy (non-hydrogen) atoms. The summed E-state index contributed by atoms with van der Waals surface area (Å²) in [6.45, 7) is 7.44. The summed E-state index contributed by atoms with van der Waals surface area (Å²) in [6, 6.07) is -0.682. The fourth-order valence-electron chi connectivity index (χ4n) is 4.05. The van der Waals surface area contributed by atoms with Crippen molar-refractivity contribution in [3.05, 3.63) is 51.5 Å². The van der Waals surface area contributed by atoms with Gasteiger partial charge in [0, 0.05) is 12.1 Å². The van der Waals surface area contributed by atoms with Crippen molar-refractivity contribution in [2.75, 3.05) is 0 Å². The molecule has 0 saturated carbocycles. The SMILES string of the molecule is CCCC(C)n1c(=O)c2c(Cl)c3c(=O)n(C(C)CCC)c(=O)c3c(Cl)c2c1=O. The van der Waals surface area contributed by atoms with E-state index in [1.807, 2.05) is 13.8 Å². The standard InChI is InChI=1S/C20H22Cl2N2O4/c1-5-7-9(3)23-17(25)11-12(18(23)26)16(22)14-13(15(11)21)19(27)24(20(14)28)10(4)8-6-2/h9-10H,5-8H2,1-4H3. The molecule has 3 rings (SSSR count). The van der Waals surface area contributed by atoms with Crippen molar-refractivity contribution >= 4 is 44.7 Å². The number of aromatic nitrogens is 2. The monoisotopic (exact) mass is 424 g/mol. The van der Waals surface area contributed by atoms with E-state index in [9.17, 15) is 19.2 Å².